The second-order valence-corrected chi connectivity index (χ2v) is 3.32. The summed E-state index contributed by atoms with van der Waals surface area (Å²) < 4.78 is 15.3. The van der Waals surface area contributed by atoms with Crippen LogP contribution in [0, 0.1) is 5.82 Å². The summed E-state index contributed by atoms with van der Waals surface area (Å²) in [7, 11) is 0. The number of nitrogens with one attached hydrogen (secondary N) is 1. The average molecular weight is 240 g/mol. The van der Waals surface area contributed by atoms with Crippen molar-refractivity contribution in [1.82, 2.24) is 19.3 Å². The molecule has 0 bridgehead atoms. The molecule has 0 saturated carbocycles. The van der Waals surface area contributed by atoms with Gasteiger partial charge in [-0.15, -0.1) is 0 Å². The molecule has 0 fully saturated rings. The molecular formula is C9H9FN4O3. The summed E-state index contributed by atoms with van der Waals surface area (Å²) in [6.45, 7) is 0.270. The third-order valence-corrected chi connectivity index (χ3v) is 2.23. The number of aromatic amines is 1. The Hall–Kier alpha value is -2.38. The highest BCUT2D eigenvalue weighted by atomic mass is 19.1. The molecule has 2 heterocycles. The lowest BCUT2D eigenvalue weighted by Crippen LogP contribution is -2.32. The molecule has 8 heteroatoms. The van der Waals surface area contributed by atoms with Crippen LogP contribution in [0.1, 0.15) is 0 Å². The van der Waals surface area contributed by atoms with Gasteiger partial charge in [0.25, 0.3) is 5.56 Å². The summed E-state index contributed by atoms with van der Waals surface area (Å²) in [4.78, 5) is 23.9. The van der Waals surface area contributed by atoms with Gasteiger partial charge < -0.3 is 5.11 Å². The van der Waals surface area contributed by atoms with E-state index in [1.165, 1.54) is 4.68 Å². The van der Waals surface area contributed by atoms with Crippen LogP contribution in [-0.4, -0.2) is 24.4 Å². The second kappa shape index (κ2) is 4.24. The molecule has 90 valence electrons. The van der Waals surface area contributed by atoms with Crippen molar-refractivity contribution in [2.24, 2.45) is 0 Å². The highest BCUT2D eigenvalue weighted by molar-refractivity contribution is 5.09. The van der Waals surface area contributed by atoms with Crippen LogP contribution in [0.4, 0.5) is 4.39 Å². The van der Waals surface area contributed by atoms with E-state index in [0.717, 1.165) is 4.57 Å². The van der Waals surface area contributed by atoms with E-state index in [1.807, 2.05) is 0 Å². The fourth-order valence-electron chi connectivity index (χ4n) is 1.38. The van der Waals surface area contributed by atoms with Crippen molar-refractivity contribution < 1.29 is 9.50 Å². The Morgan fingerprint density at radius 1 is 1.41 bits per heavy atom. The van der Waals surface area contributed by atoms with Gasteiger partial charge in [0.05, 0.1) is 13.1 Å². The smallest absolute Gasteiger partial charge is 0.331 e. The van der Waals surface area contributed by atoms with Crippen LogP contribution < -0.4 is 11.2 Å². The number of nitrogens with zero attached hydrogens (tertiary/aromatic N) is 3. The number of rotatable bonds is 3. The maximum atomic E-state index is 13.1. The van der Waals surface area contributed by atoms with E-state index in [2.05, 4.69) is 5.10 Å². The van der Waals surface area contributed by atoms with Gasteiger partial charge in [0.1, 0.15) is 0 Å². The van der Waals surface area contributed by atoms with Crippen molar-refractivity contribution in [3.8, 4) is 5.88 Å². The minimum Gasteiger partial charge on any atom is -0.492 e. The lowest BCUT2D eigenvalue weighted by Gasteiger charge is -2.07. The monoisotopic (exact) mass is 240 g/mol. The van der Waals surface area contributed by atoms with Gasteiger partial charge in [-0.3, -0.25) is 19.0 Å². The summed E-state index contributed by atoms with van der Waals surface area (Å²) in [6.07, 6.45) is 3.21. The second-order valence-electron chi connectivity index (χ2n) is 3.32. The Bertz CT molecular complexity index is 629. The Balaban J connectivity index is 2.30. The summed E-state index contributed by atoms with van der Waals surface area (Å²) in [5, 5.41) is 13.2. The van der Waals surface area contributed by atoms with E-state index in [1.54, 1.807) is 23.4 Å². The molecule has 0 aromatic carbocycles. The molecule has 7 nitrogen and oxygen atoms in total. The largest absolute Gasteiger partial charge is 0.492 e. The van der Waals surface area contributed by atoms with Gasteiger partial charge in [-0.05, 0) is 6.07 Å². The Kier molecular flexibility index (Phi) is 2.77. The number of hydrogen-bond acceptors (Lipinski definition) is 4. The first-order valence-electron chi connectivity index (χ1n) is 4.78. The maximum Gasteiger partial charge on any atom is 0.331 e. The predicted octanol–water partition coefficient (Wildman–Crippen LogP) is -0.722. The molecule has 2 rings (SSSR count). The van der Waals surface area contributed by atoms with Crippen molar-refractivity contribution in [2.45, 2.75) is 13.1 Å². The first-order chi connectivity index (χ1) is 8.09. The molecule has 2 aromatic rings. The third-order valence-electron chi connectivity index (χ3n) is 2.23. The van der Waals surface area contributed by atoms with Crippen molar-refractivity contribution in [3.63, 3.8) is 0 Å². The van der Waals surface area contributed by atoms with Gasteiger partial charge in [-0.2, -0.15) is 9.49 Å². The van der Waals surface area contributed by atoms with Crippen LogP contribution in [0.15, 0.2) is 28.0 Å². The van der Waals surface area contributed by atoms with Gasteiger partial charge in [-0.1, -0.05) is 0 Å². The first kappa shape index (κ1) is 11.1. The lowest BCUT2D eigenvalue weighted by molar-refractivity contribution is 0.350. The van der Waals surface area contributed by atoms with E-state index < -0.39 is 22.9 Å². The Morgan fingerprint density at radius 3 is 2.82 bits per heavy atom. The van der Waals surface area contributed by atoms with E-state index >= 15 is 0 Å². The highest BCUT2D eigenvalue weighted by Crippen LogP contribution is 2.07. The average Bonchev–Trinajstić information content (AvgIpc) is 2.79. The molecule has 17 heavy (non-hydrogen) atoms. The summed E-state index contributed by atoms with van der Waals surface area (Å²) in [6, 6.07) is 1.69. The highest BCUT2D eigenvalue weighted by Gasteiger charge is 2.13. The van der Waals surface area contributed by atoms with Crippen molar-refractivity contribution in [3.05, 3.63) is 45.1 Å². The summed E-state index contributed by atoms with van der Waals surface area (Å²) in [5.41, 5.74) is -2.09. The molecule has 0 aliphatic heterocycles. The van der Waals surface area contributed by atoms with Crippen LogP contribution in [0.2, 0.25) is 0 Å². The number of hydrogen-bond donors (Lipinski definition) is 2. The van der Waals surface area contributed by atoms with Crippen molar-refractivity contribution in [1.29, 1.82) is 0 Å². The van der Waals surface area contributed by atoms with Crippen molar-refractivity contribution in [2.75, 3.05) is 0 Å². The van der Waals surface area contributed by atoms with Gasteiger partial charge in [0, 0.05) is 12.4 Å². The zero-order chi connectivity index (χ0) is 12.4. The first-order valence-corrected chi connectivity index (χ1v) is 4.78. The molecule has 0 aliphatic carbocycles. The van der Waals surface area contributed by atoms with E-state index in [4.69, 9.17) is 0 Å². The van der Waals surface area contributed by atoms with Crippen LogP contribution in [0.5, 0.6) is 5.88 Å². The van der Waals surface area contributed by atoms with Gasteiger partial charge in [0.2, 0.25) is 11.7 Å². The maximum absolute atomic E-state index is 13.1. The number of aromatic nitrogens is 4. The van der Waals surface area contributed by atoms with E-state index in [-0.39, 0.29) is 13.1 Å². The van der Waals surface area contributed by atoms with Crippen LogP contribution in [-0.2, 0) is 13.1 Å². The minimum absolute atomic E-state index is 0.0000463. The van der Waals surface area contributed by atoms with Gasteiger partial charge in [-0.25, -0.2) is 4.79 Å². The molecule has 0 aliphatic rings. The number of H-pyrrole nitrogens is 1. The quantitative estimate of drug-likeness (QED) is 0.740. The fourth-order valence-corrected chi connectivity index (χ4v) is 1.38. The van der Waals surface area contributed by atoms with Crippen LogP contribution >= 0.6 is 0 Å². The zero-order valence-corrected chi connectivity index (χ0v) is 8.63. The normalized spacial score (nSPS) is 10.6. The molecule has 0 atom stereocenters. The lowest BCUT2D eigenvalue weighted by atomic mass is 10.5. The molecule has 0 amide bonds. The SMILES string of the molecule is O=c1[nH]c(=O)n(CCn2cccn2)c(O)c1F. The summed E-state index contributed by atoms with van der Waals surface area (Å²) in [5.74, 6) is -2.34. The topological polar surface area (TPSA) is 92.9 Å². The predicted molar refractivity (Wildman–Crippen MR) is 55.2 cm³/mol. The Morgan fingerprint density at radius 2 is 2.18 bits per heavy atom. The molecular weight excluding hydrogens is 231 g/mol. The minimum atomic E-state index is -1.37. The van der Waals surface area contributed by atoms with Crippen LogP contribution in [0.25, 0.3) is 0 Å². The zero-order valence-electron chi connectivity index (χ0n) is 8.63. The molecule has 2 N–H and O–H groups in total. The summed E-state index contributed by atoms with van der Waals surface area (Å²) >= 11 is 0. The fraction of sp³-hybridized carbons (Fsp3) is 0.222. The number of aryl methyl sites for hydroxylation is 1. The Labute approximate surface area is 93.8 Å². The number of halogens is 1. The van der Waals surface area contributed by atoms with E-state index in [9.17, 15) is 19.1 Å². The molecule has 0 radical (unpaired) electrons. The molecule has 0 spiro atoms. The third kappa shape index (κ3) is 2.10. The molecule has 2 aromatic heterocycles. The van der Waals surface area contributed by atoms with Gasteiger partial charge >= 0.3 is 5.69 Å². The van der Waals surface area contributed by atoms with Crippen LogP contribution in [0.3, 0.4) is 0 Å². The molecule has 0 unspecified atom stereocenters. The molecule has 0 saturated heterocycles. The number of aromatic hydroxyl groups is 1. The van der Waals surface area contributed by atoms with Gasteiger partial charge in [0.15, 0.2) is 0 Å². The standard InChI is InChI=1S/C9H9FN4O3/c10-6-7(15)12-9(17)14(8(6)16)5-4-13-3-1-2-11-13/h1-3,16H,4-5H2,(H,12,15,17). The van der Waals surface area contributed by atoms with E-state index in [0.29, 0.717) is 0 Å². The van der Waals surface area contributed by atoms with Crippen molar-refractivity contribution >= 4 is 0 Å².